The van der Waals surface area contributed by atoms with Crippen LogP contribution >= 0.6 is 0 Å². The van der Waals surface area contributed by atoms with E-state index in [2.05, 4.69) is 14.9 Å². The third kappa shape index (κ3) is 4.90. The Bertz CT molecular complexity index is 1090. The largest absolute Gasteiger partial charge is 0.497 e. The predicted molar refractivity (Wildman–Crippen MR) is 118 cm³/mol. The Hall–Kier alpha value is -3.43. The van der Waals surface area contributed by atoms with Gasteiger partial charge in [-0.2, -0.15) is 0 Å². The second kappa shape index (κ2) is 9.80. The van der Waals surface area contributed by atoms with E-state index in [4.69, 9.17) is 14.6 Å². The van der Waals surface area contributed by atoms with Crippen LogP contribution in [0.2, 0.25) is 0 Å². The SMILES string of the molecule is COc1ccc(-c2nc3ccc(C(=O)OCC(=O)N4CCN(CCO)CC4)cc3[nH]2)cc1. The number of amides is 1. The van der Waals surface area contributed by atoms with Crippen molar-refractivity contribution in [3.05, 3.63) is 48.0 Å². The summed E-state index contributed by atoms with van der Waals surface area (Å²) in [4.78, 5) is 36.4. The molecule has 3 aromatic rings. The number of H-pyrrole nitrogens is 1. The predicted octanol–water partition coefficient (Wildman–Crippen LogP) is 1.53. The van der Waals surface area contributed by atoms with Gasteiger partial charge >= 0.3 is 5.97 Å². The summed E-state index contributed by atoms with van der Waals surface area (Å²) in [7, 11) is 1.61. The van der Waals surface area contributed by atoms with Crippen molar-refractivity contribution in [1.82, 2.24) is 19.8 Å². The number of β-amino-alcohol motifs (C(OH)–C–C–N with tert-alkyl or cyclic N) is 1. The van der Waals surface area contributed by atoms with E-state index in [1.807, 2.05) is 24.3 Å². The van der Waals surface area contributed by atoms with Gasteiger partial charge in [-0.3, -0.25) is 9.69 Å². The van der Waals surface area contributed by atoms with E-state index < -0.39 is 5.97 Å². The van der Waals surface area contributed by atoms with E-state index in [9.17, 15) is 9.59 Å². The number of aromatic nitrogens is 2. The molecule has 9 heteroatoms. The first-order chi connectivity index (χ1) is 15.6. The number of aliphatic hydroxyl groups is 1. The number of rotatable bonds is 7. The van der Waals surface area contributed by atoms with Crippen LogP contribution in [0.25, 0.3) is 22.4 Å². The number of carbonyl (C=O) groups is 2. The minimum absolute atomic E-state index is 0.105. The molecule has 1 amide bonds. The van der Waals surface area contributed by atoms with E-state index in [0.29, 0.717) is 49.6 Å². The number of hydrogen-bond donors (Lipinski definition) is 2. The Morgan fingerprint density at radius 1 is 1.09 bits per heavy atom. The normalized spacial score (nSPS) is 14.5. The number of nitrogens with one attached hydrogen (secondary N) is 1. The van der Waals surface area contributed by atoms with Gasteiger partial charge in [-0.25, -0.2) is 9.78 Å². The average Bonchev–Trinajstić information content (AvgIpc) is 3.26. The second-order valence-electron chi connectivity index (χ2n) is 7.57. The smallest absolute Gasteiger partial charge is 0.338 e. The number of imidazole rings is 1. The molecule has 2 heterocycles. The Kier molecular flexibility index (Phi) is 6.67. The highest BCUT2D eigenvalue weighted by atomic mass is 16.5. The summed E-state index contributed by atoms with van der Waals surface area (Å²) < 4.78 is 10.4. The molecule has 0 saturated carbocycles. The van der Waals surface area contributed by atoms with Gasteiger partial charge in [-0.05, 0) is 42.5 Å². The number of hydrogen-bond acceptors (Lipinski definition) is 7. The fraction of sp³-hybridized carbons (Fsp3) is 0.348. The van der Waals surface area contributed by atoms with Gasteiger partial charge in [0, 0.05) is 38.3 Å². The van der Waals surface area contributed by atoms with Crippen LogP contribution < -0.4 is 4.74 Å². The summed E-state index contributed by atoms with van der Waals surface area (Å²) in [5.74, 6) is 0.673. The van der Waals surface area contributed by atoms with Crippen LogP contribution in [-0.2, 0) is 9.53 Å². The van der Waals surface area contributed by atoms with E-state index in [0.717, 1.165) is 16.8 Å². The first kappa shape index (κ1) is 21.8. The van der Waals surface area contributed by atoms with Crippen molar-refractivity contribution in [2.24, 2.45) is 0 Å². The Balaban J connectivity index is 1.36. The highest BCUT2D eigenvalue weighted by molar-refractivity contribution is 5.95. The van der Waals surface area contributed by atoms with Crippen LogP contribution in [0.15, 0.2) is 42.5 Å². The van der Waals surface area contributed by atoms with E-state index >= 15 is 0 Å². The van der Waals surface area contributed by atoms with Gasteiger partial charge in [-0.1, -0.05) is 0 Å². The lowest BCUT2D eigenvalue weighted by Crippen LogP contribution is -2.50. The van der Waals surface area contributed by atoms with Crippen LogP contribution in [0.1, 0.15) is 10.4 Å². The fourth-order valence-corrected chi connectivity index (χ4v) is 3.69. The van der Waals surface area contributed by atoms with Gasteiger partial charge < -0.3 is 24.5 Å². The summed E-state index contributed by atoms with van der Waals surface area (Å²) in [6, 6.07) is 12.6. The Morgan fingerprint density at radius 2 is 1.84 bits per heavy atom. The lowest BCUT2D eigenvalue weighted by atomic mass is 10.2. The van der Waals surface area contributed by atoms with Gasteiger partial charge in [0.15, 0.2) is 6.61 Å². The molecule has 0 spiro atoms. The lowest BCUT2D eigenvalue weighted by Gasteiger charge is -2.34. The third-order valence-corrected chi connectivity index (χ3v) is 5.55. The molecule has 0 unspecified atom stereocenters. The molecular weight excluding hydrogens is 412 g/mol. The van der Waals surface area contributed by atoms with Gasteiger partial charge in [0.2, 0.25) is 0 Å². The summed E-state index contributed by atoms with van der Waals surface area (Å²) >= 11 is 0. The molecule has 2 aromatic carbocycles. The standard InChI is InChI=1S/C23H26N4O5/c1-31-18-5-2-16(3-6-18)22-24-19-7-4-17(14-20(19)25-22)23(30)32-15-21(29)27-10-8-26(9-11-27)12-13-28/h2-7,14,28H,8-13,15H2,1H3,(H,24,25). The number of carbonyl (C=O) groups excluding carboxylic acids is 2. The van der Waals surface area contributed by atoms with Crippen molar-refractivity contribution in [1.29, 1.82) is 0 Å². The maximum atomic E-state index is 12.5. The van der Waals surface area contributed by atoms with Gasteiger partial charge in [0.1, 0.15) is 11.6 Å². The molecule has 0 atom stereocenters. The zero-order chi connectivity index (χ0) is 22.5. The minimum Gasteiger partial charge on any atom is -0.497 e. The summed E-state index contributed by atoms with van der Waals surface area (Å²) in [5, 5.41) is 9.00. The zero-order valence-corrected chi connectivity index (χ0v) is 17.9. The lowest BCUT2D eigenvalue weighted by molar-refractivity contribution is -0.136. The first-order valence-electron chi connectivity index (χ1n) is 10.5. The molecule has 1 saturated heterocycles. The first-order valence-corrected chi connectivity index (χ1v) is 10.5. The fourth-order valence-electron chi connectivity index (χ4n) is 3.69. The highest BCUT2D eigenvalue weighted by Crippen LogP contribution is 2.23. The molecule has 9 nitrogen and oxygen atoms in total. The van der Waals surface area contributed by atoms with Crippen molar-refractivity contribution in [3.8, 4) is 17.1 Å². The van der Waals surface area contributed by atoms with Crippen molar-refractivity contribution in [2.75, 3.05) is 53.0 Å². The number of esters is 1. The van der Waals surface area contributed by atoms with Crippen LogP contribution in [0.3, 0.4) is 0 Å². The summed E-state index contributed by atoms with van der Waals surface area (Å²) in [6.07, 6.45) is 0. The van der Waals surface area contributed by atoms with Gasteiger partial charge in [0.25, 0.3) is 5.91 Å². The van der Waals surface area contributed by atoms with Crippen molar-refractivity contribution < 1.29 is 24.2 Å². The van der Waals surface area contributed by atoms with Gasteiger partial charge in [-0.15, -0.1) is 0 Å². The zero-order valence-electron chi connectivity index (χ0n) is 17.9. The molecule has 1 aliphatic rings. The quantitative estimate of drug-likeness (QED) is 0.539. The molecule has 0 bridgehead atoms. The van der Waals surface area contributed by atoms with Crippen LogP contribution in [0.5, 0.6) is 5.75 Å². The maximum Gasteiger partial charge on any atom is 0.338 e. The number of piperazine rings is 1. The van der Waals surface area contributed by atoms with E-state index in [1.54, 1.807) is 30.2 Å². The molecule has 0 aliphatic carbocycles. The monoisotopic (exact) mass is 438 g/mol. The average molecular weight is 438 g/mol. The molecule has 1 aliphatic heterocycles. The second-order valence-corrected chi connectivity index (χ2v) is 7.57. The van der Waals surface area contributed by atoms with E-state index in [1.165, 1.54) is 0 Å². The molecule has 1 fully saturated rings. The third-order valence-electron chi connectivity index (χ3n) is 5.55. The Morgan fingerprint density at radius 3 is 2.53 bits per heavy atom. The van der Waals surface area contributed by atoms with Gasteiger partial charge in [0.05, 0.1) is 30.3 Å². The number of nitrogens with zero attached hydrogens (tertiary/aromatic N) is 3. The topological polar surface area (TPSA) is 108 Å². The molecule has 0 radical (unpaired) electrons. The Labute approximate surface area is 185 Å². The molecule has 168 valence electrons. The molecule has 1 aromatic heterocycles. The number of aromatic amines is 1. The van der Waals surface area contributed by atoms with Crippen LogP contribution in [0, 0.1) is 0 Å². The van der Waals surface area contributed by atoms with E-state index in [-0.39, 0.29) is 19.1 Å². The minimum atomic E-state index is -0.556. The molecule has 4 rings (SSSR count). The number of ether oxygens (including phenoxy) is 2. The molecule has 2 N–H and O–H groups in total. The highest BCUT2D eigenvalue weighted by Gasteiger charge is 2.22. The summed E-state index contributed by atoms with van der Waals surface area (Å²) in [5.41, 5.74) is 2.68. The molecule has 32 heavy (non-hydrogen) atoms. The number of methoxy groups -OCH3 is 1. The van der Waals surface area contributed by atoms with Crippen LogP contribution in [0.4, 0.5) is 0 Å². The number of fused-ring (bicyclic) bond motifs is 1. The summed E-state index contributed by atoms with van der Waals surface area (Å²) in [6.45, 7) is 2.94. The van der Waals surface area contributed by atoms with Crippen molar-refractivity contribution in [2.45, 2.75) is 0 Å². The van der Waals surface area contributed by atoms with Crippen molar-refractivity contribution >= 4 is 22.9 Å². The molecular formula is C23H26N4O5. The van der Waals surface area contributed by atoms with Crippen LogP contribution in [-0.4, -0.2) is 89.8 Å². The number of aliphatic hydroxyl groups excluding tert-OH is 1. The van der Waals surface area contributed by atoms with Crippen molar-refractivity contribution in [3.63, 3.8) is 0 Å². The maximum absolute atomic E-state index is 12.5. The number of benzene rings is 2.